The van der Waals surface area contributed by atoms with Gasteiger partial charge in [0.1, 0.15) is 5.01 Å². The molecule has 0 bridgehead atoms. The van der Waals surface area contributed by atoms with Crippen LogP contribution in [0.4, 0.5) is 0 Å². The summed E-state index contributed by atoms with van der Waals surface area (Å²) in [6.07, 6.45) is 4.61. The summed E-state index contributed by atoms with van der Waals surface area (Å²) in [5.41, 5.74) is 5.86. The number of piperidine rings is 1. The van der Waals surface area contributed by atoms with Crippen molar-refractivity contribution in [2.45, 2.75) is 38.3 Å². The summed E-state index contributed by atoms with van der Waals surface area (Å²) in [7, 11) is 0. The molecular weight excluding hydrogens is 260 g/mol. The predicted octanol–water partition coefficient (Wildman–Crippen LogP) is 1.13. The first-order chi connectivity index (χ1) is 9.19. The second kappa shape index (κ2) is 6.98. The Morgan fingerprint density at radius 2 is 2.37 bits per heavy atom. The molecule has 1 unspecified atom stereocenters. The Hall–Kier alpha value is -0.980. The fourth-order valence-electron chi connectivity index (χ4n) is 2.30. The Kier molecular flexibility index (Phi) is 5.30. The van der Waals surface area contributed by atoms with Crippen molar-refractivity contribution >= 4 is 17.2 Å². The normalized spacial score (nSPS) is 19.3. The highest BCUT2D eigenvalue weighted by Crippen LogP contribution is 2.18. The van der Waals surface area contributed by atoms with Crippen molar-refractivity contribution in [3.05, 3.63) is 16.6 Å². The molecule has 106 valence electrons. The van der Waals surface area contributed by atoms with Crippen LogP contribution in [0.2, 0.25) is 0 Å². The van der Waals surface area contributed by atoms with E-state index < -0.39 is 0 Å². The summed E-state index contributed by atoms with van der Waals surface area (Å²) in [6.45, 7) is 4.37. The molecule has 1 atom stereocenters. The van der Waals surface area contributed by atoms with E-state index in [4.69, 9.17) is 5.73 Å². The molecule has 3 N–H and O–H groups in total. The molecule has 19 heavy (non-hydrogen) atoms. The number of amides is 1. The third-order valence-electron chi connectivity index (χ3n) is 3.49. The van der Waals surface area contributed by atoms with Crippen LogP contribution in [0.25, 0.3) is 0 Å². The van der Waals surface area contributed by atoms with Crippen molar-refractivity contribution in [2.75, 3.05) is 19.6 Å². The number of rotatable bonds is 5. The van der Waals surface area contributed by atoms with Crippen LogP contribution in [-0.4, -0.2) is 41.5 Å². The van der Waals surface area contributed by atoms with Gasteiger partial charge in [-0.25, -0.2) is 4.98 Å². The fourth-order valence-corrected chi connectivity index (χ4v) is 3.07. The monoisotopic (exact) mass is 282 g/mol. The first kappa shape index (κ1) is 14.4. The minimum atomic E-state index is 0.0412. The van der Waals surface area contributed by atoms with E-state index in [1.165, 1.54) is 0 Å². The molecule has 0 radical (unpaired) electrons. The van der Waals surface area contributed by atoms with E-state index in [1.54, 1.807) is 17.5 Å². The standard InChI is InChI=1S/C13H22N4OS/c1-2-11(13-15-5-8-19-13)16-12(18)9-17-6-3-10(14)4-7-17/h5,8,10-11H,2-4,6-7,9,14H2,1H3,(H,16,18). The molecule has 1 aromatic heterocycles. The van der Waals surface area contributed by atoms with Crippen LogP contribution in [0, 0.1) is 0 Å². The first-order valence-electron chi connectivity index (χ1n) is 6.85. The van der Waals surface area contributed by atoms with Gasteiger partial charge >= 0.3 is 0 Å². The summed E-state index contributed by atoms with van der Waals surface area (Å²) < 4.78 is 0. The van der Waals surface area contributed by atoms with Crippen LogP contribution in [0.3, 0.4) is 0 Å². The lowest BCUT2D eigenvalue weighted by molar-refractivity contribution is -0.123. The number of carbonyl (C=O) groups excluding carboxylic acids is 1. The molecular formula is C13H22N4OS. The highest BCUT2D eigenvalue weighted by molar-refractivity contribution is 7.09. The molecule has 1 aromatic rings. The maximum absolute atomic E-state index is 12.1. The maximum Gasteiger partial charge on any atom is 0.234 e. The first-order valence-corrected chi connectivity index (χ1v) is 7.73. The number of likely N-dealkylation sites (tertiary alicyclic amines) is 1. The van der Waals surface area contributed by atoms with Crippen LogP contribution < -0.4 is 11.1 Å². The number of aromatic nitrogens is 1. The summed E-state index contributed by atoms with van der Waals surface area (Å²) >= 11 is 1.59. The van der Waals surface area contributed by atoms with E-state index in [1.807, 2.05) is 5.38 Å². The van der Waals surface area contributed by atoms with E-state index >= 15 is 0 Å². The van der Waals surface area contributed by atoms with Crippen LogP contribution in [0.1, 0.15) is 37.2 Å². The molecule has 1 aliphatic rings. The molecule has 1 amide bonds. The number of hydrogen-bond acceptors (Lipinski definition) is 5. The fraction of sp³-hybridized carbons (Fsp3) is 0.692. The van der Waals surface area contributed by atoms with Crippen molar-refractivity contribution in [1.29, 1.82) is 0 Å². The molecule has 1 aliphatic heterocycles. The average Bonchev–Trinajstić information content (AvgIpc) is 2.92. The third-order valence-corrected chi connectivity index (χ3v) is 4.38. The van der Waals surface area contributed by atoms with Crippen molar-refractivity contribution in [2.24, 2.45) is 5.73 Å². The van der Waals surface area contributed by atoms with Gasteiger partial charge < -0.3 is 11.1 Å². The number of nitrogens with one attached hydrogen (secondary N) is 1. The minimum Gasteiger partial charge on any atom is -0.346 e. The molecule has 0 aliphatic carbocycles. The van der Waals surface area contributed by atoms with Gasteiger partial charge in [0.15, 0.2) is 0 Å². The minimum absolute atomic E-state index is 0.0412. The number of carbonyl (C=O) groups is 1. The van der Waals surface area contributed by atoms with E-state index in [9.17, 15) is 4.79 Å². The zero-order valence-electron chi connectivity index (χ0n) is 11.3. The molecule has 0 saturated carbocycles. The average molecular weight is 282 g/mol. The number of nitrogens with zero attached hydrogens (tertiary/aromatic N) is 2. The Labute approximate surface area is 118 Å². The summed E-state index contributed by atoms with van der Waals surface area (Å²) in [4.78, 5) is 18.5. The van der Waals surface area contributed by atoms with Crippen LogP contribution >= 0.6 is 11.3 Å². The molecule has 2 rings (SSSR count). The van der Waals surface area contributed by atoms with Gasteiger partial charge in [0, 0.05) is 30.7 Å². The molecule has 5 nitrogen and oxygen atoms in total. The zero-order valence-corrected chi connectivity index (χ0v) is 12.2. The number of hydrogen-bond donors (Lipinski definition) is 2. The smallest absolute Gasteiger partial charge is 0.234 e. The van der Waals surface area contributed by atoms with E-state index in [0.717, 1.165) is 37.4 Å². The van der Waals surface area contributed by atoms with Gasteiger partial charge in [-0.1, -0.05) is 6.92 Å². The molecule has 1 fully saturated rings. The quantitative estimate of drug-likeness (QED) is 0.849. The molecule has 0 aromatic carbocycles. The van der Waals surface area contributed by atoms with E-state index in [-0.39, 0.29) is 11.9 Å². The molecule has 1 saturated heterocycles. The third kappa shape index (κ3) is 4.26. The Morgan fingerprint density at radius 3 is 2.95 bits per heavy atom. The Morgan fingerprint density at radius 1 is 1.63 bits per heavy atom. The van der Waals surface area contributed by atoms with Crippen LogP contribution in [0.5, 0.6) is 0 Å². The second-order valence-corrected chi connectivity index (χ2v) is 5.94. The van der Waals surface area contributed by atoms with Crippen molar-refractivity contribution in [1.82, 2.24) is 15.2 Å². The SMILES string of the molecule is CCC(NC(=O)CN1CCC(N)CC1)c1nccs1. The second-order valence-electron chi connectivity index (χ2n) is 5.01. The zero-order chi connectivity index (χ0) is 13.7. The molecule has 0 spiro atoms. The van der Waals surface area contributed by atoms with Crippen molar-refractivity contribution < 1.29 is 4.79 Å². The highest BCUT2D eigenvalue weighted by atomic mass is 32.1. The van der Waals surface area contributed by atoms with E-state index in [2.05, 4.69) is 22.1 Å². The maximum atomic E-state index is 12.1. The highest BCUT2D eigenvalue weighted by Gasteiger charge is 2.20. The summed E-state index contributed by atoms with van der Waals surface area (Å²) in [5, 5.41) is 5.99. The number of nitrogens with two attached hydrogens (primary N) is 1. The summed E-state index contributed by atoms with van der Waals surface area (Å²) in [5.74, 6) is 0.0810. The lowest BCUT2D eigenvalue weighted by Crippen LogP contribution is -2.45. The van der Waals surface area contributed by atoms with Crippen molar-refractivity contribution in [3.8, 4) is 0 Å². The van der Waals surface area contributed by atoms with Gasteiger partial charge in [-0.3, -0.25) is 9.69 Å². The largest absolute Gasteiger partial charge is 0.346 e. The number of thiazole rings is 1. The van der Waals surface area contributed by atoms with Gasteiger partial charge in [-0.2, -0.15) is 0 Å². The van der Waals surface area contributed by atoms with Gasteiger partial charge in [-0.05, 0) is 19.3 Å². The Bertz CT molecular complexity index is 387. The predicted molar refractivity (Wildman–Crippen MR) is 76.9 cm³/mol. The molecule has 6 heteroatoms. The van der Waals surface area contributed by atoms with Crippen LogP contribution in [-0.2, 0) is 4.79 Å². The Balaban J connectivity index is 1.80. The van der Waals surface area contributed by atoms with Gasteiger partial charge in [0.25, 0.3) is 0 Å². The van der Waals surface area contributed by atoms with Gasteiger partial charge in [0.05, 0.1) is 12.6 Å². The van der Waals surface area contributed by atoms with Gasteiger partial charge in [-0.15, -0.1) is 11.3 Å². The topological polar surface area (TPSA) is 71.2 Å². The summed E-state index contributed by atoms with van der Waals surface area (Å²) in [6, 6.07) is 0.345. The lowest BCUT2D eigenvalue weighted by Gasteiger charge is -2.29. The lowest BCUT2D eigenvalue weighted by atomic mass is 10.1. The van der Waals surface area contributed by atoms with Crippen molar-refractivity contribution in [3.63, 3.8) is 0 Å². The molecule has 2 heterocycles. The van der Waals surface area contributed by atoms with E-state index in [0.29, 0.717) is 12.6 Å². The van der Waals surface area contributed by atoms with Gasteiger partial charge in [0.2, 0.25) is 5.91 Å². The van der Waals surface area contributed by atoms with Crippen LogP contribution in [0.15, 0.2) is 11.6 Å².